The van der Waals surface area contributed by atoms with Crippen molar-refractivity contribution >= 4 is 28.7 Å². The first-order valence-electron chi connectivity index (χ1n) is 9.45. The van der Waals surface area contributed by atoms with Crippen molar-refractivity contribution in [3.63, 3.8) is 0 Å². The summed E-state index contributed by atoms with van der Waals surface area (Å²) in [6.45, 7) is 4.05. The molecule has 0 aliphatic rings. The first-order valence-corrected chi connectivity index (χ1v) is 9.86. The number of carbonyl (C=O) groups excluding carboxylic acids is 1. The van der Waals surface area contributed by atoms with Gasteiger partial charge in [0.05, 0.1) is 4.92 Å². The van der Waals surface area contributed by atoms with E-state index < -0.39 is 11.0 Å². The summed E-state index contributed by atoms with van der Waals surface area (Å²) in [7, 11) is 0. The zero-order valence-electron chi connectivity index (χ0n) is 16.7. The maximum absolute atomic E-state index is 13.4. The van der Waals surface area contributed by atoms with Gasteiger partial charge in [-0.05, 0) is 25.5 Å². The van der Waals surface area contributed by atoms with Gasteiger partial charge in [0.1, 0.15) is 0 Å². The number of hydrogen-bond donors (Lipinski definition) is 1. The minimum absolute atomic E-state index is 0.0861. The van der Waals surface area contributed by atoms with Gasteiger partial charge in [0.15, 0.2) is 17.4 Å². The van der Waals surface area contributed by atoms with Crippen molar-refractivity contribution in [3.8, 4) is 0 Å². The Hall–Kier alpha value is -3.45. The fourth-order valence-corrected chi connectivity index (χ4v) is 3.47. The lowest BCUT2D eigenvalue weighted by Gasteiger charge is -2.15. The summed E-state index contributed by atoms with van der Waals surface area (Å²) in [5.41, 5.74) is 2.66. The molecule has 7 heteroatoms. The molecule has 0 saturated heterocycles. The highest BCUT2D eigenvalue weighted by Gasteiger charge is 2.34. The zero-order chi connectivity index (χ0) is 21.7. The number of carbonyl (C=O) groups is 1. The molecule has 0 radical (unpaired) electrons. The Morgan fingerprint density at radius 3 is 2.53 bits per heavy atom. The molecule has 3 aromatic rings. The molecule has 0 spiro atoms. The van der Waals surface area contributed by atoms with Crippen LogP contribution in [0.2, 0.25) is 0 Å². The van der Waals surface area contributed by atoms with E-state index in [2.05, 4.69) is 5.32 Å². The van der Waals surface area contributed by atoms with Gasteiger partial charge in [-0.3, -0.25) is 14.9 Å². The smallest absolute Gasteiger partial charge is 0.273 e. The van der Waals surface area contributed by atoms with Crippen molar-refractivity contribution in [1.29, 1.82) is 0 Å². The summed E-state index contributed by atoms with van der Waals surface area (Å²) >= 11 is 5.60. The molecule has 0 fully saturated rings. The molecule has 0 saturated carbocycles. The van der Waals surface area contributed by atoms with Gasteiger partial charge in [0.2, 0.25) is 5.78 Å². The average molecular weight is 421 g/mol. The Balaban J connectivity index is 1.95. The fraction of sp³-hybridized carbons (Fsp3) is 0.174. The van der Waals surface area contributed by atoms with Crippen molar-refractivity contribution in [2.45, 2.75) is 26.4 Å². The predicted octanol–water partition coefficient (Wildman–Crippen LogP) is 4.04. The Bertz CT molecular complexity index is 1100. The van der Waals surface area contributed by atoms with E-state index in [0.717, 1.165) is 11.1 Å². The third-order valence-corrected chi connectivity index (χ3v) is 5.13. The molecule has 30 heavy (non-hydrogen) atoms. The van der Waals surface area contributed by atoms with E-state index in [1.807, 2.05) is 55.6 Å². The molecule has 1 N–H and O–H groups in total. The van der Waals surface area contributed by atoms with Crippen LogP contribution < -0.4 is 9.88 Å². The third-order valence-electron chi connectivity index (χ3n) is 4.76. The molecule has 1 heterocycles. The van der Waals surface area contributed by atoms with Crippen molar-refractivity contribution in [1.82, 2.24) is 5.32 Å². The maximum atomic E-state index is 13.4. The molecule has 2 aromatic carbocycles. The number of ketones is 1. The predicted molar refractivity (Wildman–Crippen MR) is 118 cm³/mol. The summed E-state index contributed by atoms with van der Waals surface area (Å²) in [4.78, 5) is 24.6. The first-order chi connectivity index (χ1) is 14.4. The second-order valence-corrected chi connectivity index (χ2v) is 7.50. The molecule has 1 atom stereocenters. The Morgan fingerprint density at radius 2 is 1.87 bits per heavy atom. The van der Waals surface area contributed by atoms with E-state index in [9.17, 15) is 14.9 Å². The van der Waals surface area contributed by atoms with Crippen LogP contribution in [0.25, 0.3) is 0 Å². The molecule has 3 rings (SSSR count). The van der Waals surface area contributed by atoms with Gasteiger partial charge >= 0.3 is 0 Å². The number of nitrogens with one attached hydrogen (secondary N) is 1. The summed E-state index contributed by atoms with van der Waals surface area (Å²) in [6, 6.07) is 17.2. The SMILES string of the molecule is Cc1ccc[n+]([C@H](C(=O)c2ccc(C)c([N+](=O)[O-])c2)C(=S)NCc2ccccc2)c1. The van der Waals surface area contributed by atoms with Crippen molar-refractivity contribution in [2.75, 3.05) is 0 Å². The van der Waals surface area contributed by atoms with Gasteiger partial charge < -0.3 is 5.32 Å². The second-order valence-electron chi connectivity index (χ2n) is 7.06. The minimum atomic E-state index is -0.814. The molecular weight excluding hydrogens is 398 g/mol. The van der Waals surface area contributed by atoms with Crippen LogP contribution in [0, 0.1) is 24.0 Å². The summed E-state index contributed by atoms with van der Waals surface area (Å²) < 4.78 is 1.74. The highest BCUT2D eigenvalue weighted by molar-refractivity contribution is 7.80. The normalized spacial score (nSPS) is 11.5. The number of benzene rings is 2. The van der Waals surface area contributed by atoms with Crippen molar-refractivity contribution in [3.05, 3.63) is 105 Å². The van der Waals surface area contributed by atoms with Crippen LogP contribution in [0.15, 0.2) is 73.1 Å². The first kappa shape index (κ1) is 21.3. The van der Waals surface area contributed by atoms with E-state index in [-0.39, 0.29) is 17.0 Å². The number of nitro groups is 1. The maximum Gasteiger partial charge on any atom is 0.273 e. The summed E-state index contributed by atoms with van der Waals surface area (Å²) in [6.07, 6.45) is 3.61. The quantitative estimate of drug-likeness (QED) is 0.205. The van der Waals surface area contributed by atoms with Crippen LogP contribution in [-0.2, 0) is 6.54 Å². The van der Waals surface area contributed by atoms with Crippen LogP contribution in [0.4, 0.5) is 5.69 Å². The number of pyridine rings is 1. The molecular formula is C23H22N3O3S+. The Labute approximate surface area is 180 Å². The molecule has 152 valence electrons. The van der Waals surface area contributed by atoms with Crippen LogP contribution in [0.5, 0.6) is 0 Å². The lowest BCUT2D eigenvalue weighted by atomic mass is 10.0. The van der Waals surface area contributed by atoms with Crippen LogP contribution in [0.3, 0.4) is 0 Å². The van der Waals surface area contributed by atoms with Gasteiger partial charge in [-0.25, -0.2) is 0 Å². The molecule has 0 aliphatic heterocycles. The lowest BCUT2D eigenvalue weighted by molar-refractivity contribution is -0.692. The molecule has 0 bridgehead atoms. The highest BCUT2D eigenvalue weighted by atomic mass is 32.1. The van der Waals surface area contributed by atoms with Crippen LogP contribution in [0.1, 0.15) is 33.1 Å². The number of nitro benzene ring substituents is 1. The second kappa shape index (κ2) is 9.37. The largest absolute Gasteiger partial charge is 0.370 e. The Kier molecular flexibility index (Phi) is 6.64. The van der Waals surface area contributed by atoms with Gasteiger partial charge in [0, 0.05) is 35.4 Å². The van der Waals surface area contributed by atoms with Gasteiger partial charge in [0.25, 0.3) is 11.7 Å². The highest BCUT2D eigenvalue weighted by Crippen LogP contribution is 2.22. The van der Waals surface area contributed by atoms with E-state index in [4.69, 9.17) is 12.2 Å². The standard InChI is InChI=1S/C23H21N3O3S/c1-16-7-6-12-25(15-16)21(23(30)24-14-18-8-4-3-5-9-18)22(27)19-11-10-17(2)20(13-19)26(28)29/h3-13,15,21H,14H2,1-2H3/p+1/t21-/m1/s1. The van der Waals surface area contributed by atoms with Crippen LogP contribution >= 0.6 is 12.2 Å². The molecule has 0 amide bonds. The number of thiocarbonyl (C=S) groups is 1. The number of rotatable bonds is 7. The monoisotopic (exact) mass is 420 g/mol. The fourth-order valence-electron chi connectivity index (χ4n) is 3.16. The van der Waals surface area contributed by atoms with Crippen molar-refractivity contribution in [2.24, 2.45) is 0 Å². The van der Waals surface area contributed by atoms with Gasteiger partial charge in [-0.1, -0.05) is 54.7 Å². The number of nitrogens with zero attached hydrogens (tertiary/aromatic N) is 2. The zero-order valence-corrected chi connectivity index (χ0v) is 17.6. The summed E-state index contributed by atoms with van der Waals surface area (Å²) in [5.74, 6) is -0.306. The van der Waals surface area contributed by atoms with Crippen molar-refractivity contribution < 1.29 is 14.3 Å². The van der Waals surface area contributed by atoms with Gasteiger partial charge in [-0.2, -0.15) is 4.57 Å². The summed E-state index contributed by atoms with van der Waals surface area (Å²) in [5, 5.41) is 14.5. The molecule has 0 aliphatic carbocycles. The van der Waals surface area contributed by atoms with E-state index in [0.29, 0.717) is 17.1 Å². The molecule has 0 unspecified atom stereocenters. The average Bonchev–Trinajstić information content (AvgIpc) is 2.73. The van der Waals surface area contributed by atoms with E-state index in [1.165, 1.54) is 6.07 Å². The minimum Gasteiger partial charge on any atom is -0.370 e. The van der Waals surface area contributed by atoms with E-state index in [1.54, 1.807) is 29.8 Å². The Morgan fingerprint density at radius 1 is 1.13 bits per heavy atom. The van der Waals surface area contributed by atoms with Gasteiger partial charge in [-0.15, -0.1) is 0 Å². The number of hydrogen-bond acceptors (Lipinski definition) is 4. The third kappa shape index (κ3) is 4.93. The van der Waals surface area contributed by atoms with Crippen LogP contribution in [-0.4, -0.2) is 15.7 Å². The number of aromatic nitrogens is 1. The molecule has 6 nitrogen and oxygen atoms in total. The number of Topliss-reactive ketones (excluding diaryl/α,β-unsaturated/α-hetero) is 1. The number of aryl methyl sites for hydroxylation is 2. The lowest BCUT2D eigenvalue weighted by Crippen LogP contribution is -2.51. The van der Waals surface area contributed by atoms with E-state index >= 15 is 0 Å². The molecule has 1 aromatic heterocycles. The topological polar surface area (TPSA) is 76.1 Å².